The molecule has 2 aliphatic heterocycles. The summed E-state index contributed by atoms with van der Waals surface area (Å²) in [4.78, 5) is 32.9. The van der Waals surface area contributed by atoms with Crippen LogP contribution in [-0.4, -0.2) is 66.8 Å². The van der Waals surface area contributed by atoms with Crippen molar-refractivity contribution in [1.82, 2.24) is 15.1 Å². The van der Waals surface area contributed by atoms with Crippen molar-refractivity contribution >= 4 is 31.2 Å². The maximum Gasteiger partial charge on any atom is 0.459 e. The van der Waals surface area contributed by atoms with Crippen LogP contribution >= 0.6 is 7.75 Å². The molecule has 1 saturated heterocycles. The van der Waals surface area contributed by atoms with E-state index in [0.29, 0.717) is 31.1 Å². The lowest BCUT2D eigenvalue weighted by Crippen LogP contribution is -2.37. The SMILES string of the molecule is CC(C)OC(=O)[C@H](C)N[P@](=O)(OC[C@H]1O[C@@H](CN2CNc3c2nc(N)[nH]c3=O)C[C@@H]1CF)Oc1ccccc1. The Morgan fingerprint density at radius 1 is 1.33 bits per heavy atom. The van der Waals surface area contributed by atoms with Gasteiger partial charge in [-0.1, -0.05) is 18.2 Å². The molecular formula is C24H34FN6O7P. The van der Waals surface area contributed by atoms with Gasteiger partial charge in [0.1, 0.15) is 17.5 Å². The topological polar surface area (TPSA) is 170 Å². The summed E-state index contributed by atoms with van der Waals surface area (Å²) in [6.07, 6.45) is -1.16. The second-order valence-corrected chi connectivity index (χ2v) is 11.4. The zero-order valence-electron chi connectivity index (χ0n) is 22.0. The van der Waals surface area contributed by atoms with Crippen molar-refractivity contribution in [3.63, 3.8) is 0 Å². The van der Waals surface area contributed by atoms with E-state index in [9.17, 15) is 18.5 Å². The number of rotatable bonds is 12. The van der Waals surface area contributed by atoms with E-state index in [2.05, 4.69) is 20.4 Å². The Labute approximate surface area is 225 Å². The standard InChI is InChI=1S/C24H34FN6O7P/c1-14(2)36-23(33)15(3)30-39(34,38-17-7-5-4-6-8-17)35-12-19-16(10-25)9-18(37-19)11-31-13-27-20-21(31)28-24(26)29-22(20)32/h4-8,14-16,18-19,27H,9-13H2,1-3H3,(H,30,34)(H3,26,28,29,32)/t15-,16+,18+,19+,39-/m0/s1. The summed E-state index contributed by atoms with van der Waals surface area (Å²) in [6, 6.07) is 7.33. The average Bonchev–Trinajstić information content (AvgIpc) is 3.47. The first-order valence-corrected chi connectivity index (χ1v) is 14.2. The minimum absolute atomic E-state index is 0.0131. The number of para-hydroxylation sites is 1. The Kier molecular flexibility index (Phi) is 9.11. The summed E-state index contributed by atoms with van der Waals surface area (Å²) in [6.45, 7) is 4.57. The number of carbonyl (C=O) groups excluding carboxylic acids is 1. The molecule has 0 bridgehead atoms. The molecule has 3 heterocycles. The Balaban J connectivity index is 1.42. The number of fused-ring (bicyclic) bond motifs is 1. The van der Waals surface area contributed by atoms with Gasteiger partial charge in [-0.05, 0) is 39.3 Å². The Hall–Kier alpha value is -3.19. The highest BCUT2D eigenvalue weighted by molar-refractivity contribution is 7.52. The fourth-order valence-electron chi connectivity index (χ4n) is 4.38. The Morgan fingerprint density at radius 2 is 2.08 bits per heavy atom. The van der Waals surface area contributed by atoms with Crippen molar-refractivity contribution in [3.8, 4) is 5.75 Å². The van der Waals surface area contributed by atoms with Gasteiger partial charge in [0.05, 0.1) is 38.3 Å². The van der Waals surface area contributed by atoms with Crippen LogP contribution in [0.4, 0.5) is 21.8 Å². The summed E-state index contributed by atoms with van der Waals surface area (Å²) >= 11 is 0. The minimum Gasteiger partial charge on any atom is -0.462 e. The van der Waals surface area contributed by atoms with Gasteiger partial charge in [-0.3, -0.25) is 23.5 Å². The highest BCUT2D eigenvalue weighted by Crippen LogP contribution is 2.46. The lowest BCUT2D eigenvalue weighted by atomic mass is 10.0. The molecule has 0 saturated carbocycles. The van der Waals surface area contributed by atoms with Crippen molar-refractivity contribution < 1.29 is 32.3 Å². The van der Waals surface area contributed by atoms with Crippen LogP contribution in [-0.2, 0) is 23.4 Å². The quantitative estimate of drug-likeness (QED) is 0.218. The molecular weight excluding hydrogens is 534 g/mol. The largest absolute Gasteiger partial charge is 0.462 e. The third-order valence-corrected chi connectivity index (χ3v) is 7.82. The molecule has 5 atom stereocenters. The summed E-state index contributed by atoms with van der Waals surface area (Å²) in [7, 11) is -4.12. The van der Waals surface area contributed by atoms with Crippen LogP contribution in [0.2, 0.25) is 0 Å². The van der Waals surface area contributed by atoms with Gasteiger partial charge in [-0.15, -0.1) is 0 Å². The van der Waals surface area contributed by atoms with Crippen molar-refractivity contribution in [2.24, 2.45) is 5.92 Å². The second-order valence-electron chi connectivity index (χ2n) is 9.69. The monoisotopic (exact) mass is 568 g/mol. The third-order valence-electron chi connectivity index (χ3n) is 6.18. The average molecular weight is 569 g/mol. The minimum atomic E-state index is -4.12. The number of alkyl halides is 1. The van der Waals surface area contributed by atoms with Crippen molar-refractivity contribution in [2.45, 2.75) is 51.5 Å². The van der Waals surface area contributed by atoms with E-state index in [1.54, 1.807) is 49.1 Å². The number of hydrogen-bond acceptors (Lipinski definition) is 11. The summed E-state index contributed by atoms with van der Waals surface area (Å²) in [5.74, 6) is -0.524. The number of esters is 1. The molecule has 0 spiro atoms. The Morgan fingerprint density at radius 3 is 2.77 bits per heavy atom. The molecule has 4 rings (SSSR count). The summed E-state index contributed by atoms with van der Waals surface area (Å²) in [5, 5.41) is 5.59. The number of nitrogen functional groups attached to an aromatic ring is 1. The van der Waals surface area contributed by atoms with Crippen LogP contribution in [0.25, 0.3) is 0 Å². The molecule has 0 radical (unpaired) electrons. The first-order valence-electron chi connectivity index (χ1n) is 12.6. The van der Waals surface area contributed by atoms with Crippen molar-refractivity contribution in [3.05, 3.63) is 40.7 Å². The number of H-pyrrole nitrogens is 1. The van der Waals surface area contributed by atoms with Crippen LogP contribution < -0.4 is 31.1 Å². The fourth-order valence-corrected chi connectivity index (χ4v) is 5.88. The number of benzene rings is 1. The smallest absolute Gasteiger partial charge is 0.459 e. The molecule has 2 aliphatic rings. The molecule has 1 fully saturated rings. The van der Waals surface area contributed by atoms with E-state index in [4.69, 9.17) is 24.3 Å². The number of nitrogens with one attached hydrogen (secondary N) is 3. The molecule has 0 unspecified atom stereocenters. The molecule has 39 heavy (non-hydrogen) atoms. The van der Waals surface area contributed by atoms with Gasteiger partial charge < -0.3 is 29.9 Å². The summed E-state index contributed by atoms with van der Waals surface area (Å²) in [5.41, 5.74) is 5.61. The van der Waals surface area contributed by atoms with E-state index in [-0.39, 0.29) is 30.0 Å². The second kappa shape index (κ2) is 12.3. The predicted molar refractivity (Wildman–Crippen MR) is 142 cm³/mol. The van der Waals surface area contributed by atoms with E-state index in [0.717, 1.165) is 0 Å². The lowest BCUT2D eigenvalue weighted by Gasteiger charge is -2.25. The van der Waals surface area contributed by atoms with Crippen molar-refractivity contribution in [2.75, 3.05) is 42.4 Å². The normalized spacial score (nSPS) is 22.7. The molecule has 214 valence electrons. The number of aromatic amines is 1. The third kappa shape index (κ3) is 7.27. The van der Waals surface area contributed by atoms with Gasteiger partial charge >= 0.3 is 13.7 Å². The first kappa shape index (κ1) is 28.8. The van der Waals surface area contributed by atoms with E-state index >= 15 is 0 Å². The van der Waals surface area contributed by atoms with Crippen LogP contribution in [0.5, 0.6) is 5.75 Å². The van der Waals surface area contributed by atoms with Gasteiger partial charge in [0.25, 0.3) is 5.56 Å². The zero-order valence-corrected chi connectivity index (χ0v) is 22.9. The highest BCUT2D eigenvalue weighted by Gasteiger charge is 2.40. The molecule has 2 aromatic rings. The molecule has 13 nitrogen and oxygen atoms in total. The highest BCUT2D eigenvalue weighted by atomic mass is 31.2. The number of aromatic nitrogens is 2. The van der Waals surface area contributed by atoms with Crippen LogP contribution in [0.15, 0.2) is 35.1 Å². The molecule has 15 heteroatoms. The van der Waals surface area contributed by atoms with E-state index in [1.807, 2.05) is 0 Å². The van der Waals surface area contributed by atoms with Crippen LogP contribution in [0.3, 0.4) is 0 Å². The molecule has 0 aliphatic carbocycles. The van der Waals surface area contributed by atoms with Gasteiger partial charge in [0.15, 0.2) is 5.82 Å². The molecule has 5 N–H and O–H groups in total. The molecule has 1 aromatic carbocycles. The van der Waals surface area contributed by atoms with Gasteiger partial charge in [0, 0.05) is 12.5 Å². The zero-order chi connectivity index (χ0) is 28.2. The van der Waals surface area contributed by atoms with Gasteiger partial charge in [-0.25, -0.2) is 4.57 Å². The fraction of sp³-hybridized carbons (Fsp3) is 0.542. The van der Waals surface area contributed by atoms with E-state index < -0.39 is 44.6 Å². The number of anilines is 3. The van der Waals surface area contributed by atoms with E-state index in [1.165, 1.54) is 6.92 Å². The number of ether oxygens (including phenoxy) is 2. The number of halogens is 1. The number of nitrogens with two attached hydrogens (primary N) is 1. The first-order chi connectivity index (χ1) is 18.6. The summed E-state index contributed by atoms with van der Waals surface area (Å²) < 4.78 is 50.3. The van der Waals surface area contributed by atoms with Crippen LogP contribution in [0.1, 0.15) is 27.2 Å². The van der Waals surface area contributed by atoms with Gasteiger partial charge in [0.2, 0.25) is 5.95 Å². The van der Waals surface area contributed by atoms with Gasteiger partial charge in [-0.2, -0.15) is 10.1 Å². The maximum atomic E-state index is 14.0. The Bertz CT molecular complexity index is 1250. The molecule has 1 aromatic heterocycles. The van der Waals surface area contributed by atoms with Crippen LogP contribution in [0, 0.1) is 5.92 Å². The number of nitrogens with zero attached hydrogens (tertiary/aromatic N) is 2. The maximum absolute atomic E-state index is 14.0. The number of carbonyl (C=O) groups is 1. The van der Waals surface area contributed by atoms with Crippen molar-refractivity contribution in [1.29, 1.82) is 0 Å². The predicted octanol–water partition coefficient (Wildman–Crippen LogP) is 2.42. The number of hydrogen-bond donors (Lipinski definition) is 4. The lowest BCUT2D eigenvalue weighted by molar-refractivity contribution is -0.149. The molecule has 0 amide bonds.